The molecule has 1 N–H and O–H groups in total. The zero-order valence-corrected chi connectivity index (χ0v) is 16.5. The monoisotopic (exact) mass is 380 g/mol. The first-order valence-electron chi connectivity index (χ1n) is 9.51. The molecule has 0 spiro atoms. The van der Waals surface area contributed by atoms with Crippen LogP contribution >= 0.6 is 0 Å². The highest BCUT2D eigenvalue weighted by atomic mass is 32.2. The van der Waals surface area contributed by atoms with Crippen LogP contribution in [0.4, 0.5) is 0 Å². The largest absolute Gasteiger partial charge is 0.504 e. The summed E-state index contributed by atoms with van der Waals surface area (Å²) in [7, 11) is -1.85. The Morgan fingerprint density at radius 3 is 2.65 bits per heavy atom. The Morgan fingerprint density at radius 2 is 1.96 bits per heavy atom. The number of rotatable bonds is 3. The van der Waals surface area contributed by atoms with E-state index in [9.17, 15) is 13.5 Å². The maximum atomic E-state index is 11.7. The van der Waals surface area contributed by atoms with Crippen molar-refractivity contribution in [3.63, 3.8) is 0 Å². The number of benzene rings is 1. The quantitative estimate of drug-likeness (QED) is 0.811. The molecule has 0 heterocycles. The van der Waals surface area contributed by atoms with E-state index < -0.39 is 10.1 Å². The summed E-state index contributed by atoms with van der Waals surface area (Å²) in [5.41, 5.74) is 2.48. The van der Waals surface area contributed by atoms with E-state index in [-0.39, 0.29) is 17.3 Å². The van der Waals surface area contributed by atoms with Crippen LogP contribution in [-0.2, 0) is 20.7 Å². The Labute approximate surface area is 155 Å². The fourth-order valence-electron chi connectivity index (χ4n) is 6.07. The molecule has 5 nitrogen and oxygen atoms in total. The number of phenolic OH excluding ortho intramolecular Hbond substituents is 1. The van der Waals surface area contributed by atoms with Gasteiger partial charge in [0, 0.05) is 0 Å². The van der Waals surface area contributed by atoms with Crippen LogP contribution in [0.15, 0.2) is 12.1 Å². The average molecular weight is 381 g/mol. The standard InChI is InChI=1S/C20H28O5S/c1-20-9-8-13-14(16(20)6-7-19(20)25-26(3,22)23)5-4-12-10-17(21)18(24-2)11-15(12)13/h10-11,13-14,16,19,21H,4-9H2,1-3H3/t13-,14+,16-,19-,20-/m0/s1. The number of aryl methyl sites for hydroxylation is 1. The molecule has 4 rings (SSSR count). The summed E-state index contributed by atoms with van der Waals surface area (Å²) in [4.78, 5) is 0. The van der Waals surface area contributed by atoms with Crippen molar-refractivity contribution in [2.75, 3.05) is 13.4 Å². The Kier molecular flexibility index (Phi) is 4.27. The van der Waals surface area contributed by atoms with Gasteiger partial charge in [-0.2, -0.15) is 8.42 Å². The summed E-state index contributed by atoms with van der Waals surface area (Å²) in [6.07, 6.45) is 6.87. The molecule has 1 aromatic carbocycles. The second-order valence-electron chi connectivity index (χ2n) is 8.55. The Morgan fingerprint density at radius 1 is 1.19 bits per heavy atom. The van der Waals surface area contributed by atoms with Crippen molar-refractivity contribution >= 4 is 10.1 Å². The van der Waals surface area contributed by atoms with Crippen molar-refractivity contribution in [1.29, 1.82) is 0 Å². The van der Waals surface area contributed by atoms with E-state index in [0.29, 0.717) is 23.5 Å². The second kappa shape index (κ2) is 6.13. The molecule has 0 unspecified atom stereocenters. The van der Waals surface area contributed by atoms with Crippen molar-refractivity contribution in [1.82, 2.24) is 0 Å². The van der Waals surface area contributed by atoms with Gasteiger partial charge in [-0.15, -0.1) is 0 Å². The van der Waals surface area contributed by atoms with Gasteiger partial charge in [-0.1, -0.05) is 6.92 Å². The number of methoxy groups -OCH3 is 1. The highest BCUT2D eigenvalue weighted by Crippen LogP contribution is 2.62. The van der Waals surface area contributed by atoms with Crippen LogP contribution in [0.5, 0.6) is 11.5 Å². The SMILES string of the molecule is COc1cc2c(cc1O)CC[C@@H]1[C@@H]2CC[C@]2(C)[C@@H](OS(C)(=O)=O)CC[C@@H]12. The lowest BCUT2D eigenvalue weighted by molar-refractivity contribution is -0.00771. The molecule has 3 aliphatic rings. The molecule has 5 atom stereocenters. The lowest BCUT2D eigenvalue weighted by atomic mass is 9.55. The van der Waals surface area contributed by atoms with Gasteiger partial charge in [0.1, 0.15) is 0 Å². The highest BCUT2D eigenvalue weighted by molar-refractivity contribution is 7.86. The van der Waals surface area contributed by atoms with Crippen LogP contribution in [0.3, 0.4) is 0 Å². The lowest BCUT2D eigenvalue weighted by Gasteiger charge is -2.50. The molecule has 3 aliphatic carbocycles. The predicted molar refractivity (Wildman–Crippen MR) is 99.0 cm³/mol. The molecule has 1 aromatic rings. The Bertz CT molecular complexity index is 818. The molecule has 0 radical (unpaired) electrons. The van der Waals surface area contributed by atoms with E-state index >= 15 is 0 Å². The van der Waals surface area contributed by atoms with E-state index in [0.717, 1.165) is 44.8 Å². The third-order valence-electron chi connectivity index (χ3n) is 7.23. The summed E-state index contributed by atoms with van der Waals surface area (Å²) >= 11 is 0. The van der Waals surface area contributed by atoms with Crippen LogP contribution < -0.4 is 4.74 Å². The summed E-state index contributed by atoms with van der Waals surface area (Å²) in [6.45, 7) is 2.23. The smallest absolute Gasteiger partial charge is 0.264 e. The lowest BCUT2D eigenvalue weighted by Crippen LogP contribution is -2.45. The van der Waals surface area contributed by atoms with E-state index in [1.54, 1.807) is 7.11 Å². The van der Waals surface area contributed by atoms with Gasteiger partial charge in [0.2, 0.25) is 0 Å². The fraction of sp³-hybridized carbons (Fsp3) is 0.700. The first kappa shape index (κ1) is 18.1. The molecule has 0 aromatic heterocycles. The molecule has 6 heteroatoms. The van der Waals surface area contributed by atoms with Crippen LogP contribution in [-0.4, -0.2) is 33.0 Å². The van der Waals surface area contributed by atoms with Gasteiger partial charge in [0.05, 0.1) is 19.5 Å². The van der Waals surface area contributed by atoms with Crippen LogP contribution in [0.2, 0.25) is 0 Å². The zero-order chi connectivity index (χ0) is 18.7. The molecule has 0 saturated heterocycles. The molecule has 26 heavy (non-hydrogen) atoms. The predicted octanol–water partition coefficient (Wildman–Crippen LogP) is 3.60. The first-order valence-corrected chi connectivity index (χ1v) is 11.3. The van der Waals surface area contributed by atoms with Crippen molar-refractivity contribution < 1.29 is 22.4 Å². The Balaban J connectivity index is 1.65. The highest BCUT2D eigenvalue weighted by Gasteiger charge is 2.56. The van der Waals surface area contributed by atoms with Gasteiger partial charge in [0.25, 0.3) is 10.1 Å². The van der Waals surface area contributed by atoms with E-state index in [4.69, 9.17) is 8.92 Å². The zero-order valence-electron chi connectivity index (χ0n) is 15.7. The topological polar surface area (TPSA) is 72.8 Å². The molecule has 0 aliphatic heterocycles. The Hall–Kier alpha value is -1.27. The number of fused-ring (bicyclic) bond motifs is 5. The number of phenols is 1. The van der Waals surface area contributed by atoms with Gasteiger partial charge in [0.15, 0.2) is 11.5 Å². The number of aromatic hydroxyl groups is 1. The minimum absolute atomic E-state index is 0.0667. The first-order chi connectivity index (χ1) is 12.2. The molecule has 2 fully saturated rings. The van der Waals surface area contributed by atoms with Gasteiger partial charge in [-0.05, 0) is 85.0 Å². The number of hydrogen-bond acceptors (Lipinski definition) is 5. The van der Waals surface area contributed by atoms with E-state index in [2.05, 4.69) is 6.92 Å². The maximum Gasteiger partial charge on any atom is 0.264 e. The number of ether oxygens (including phenoxy) is 1. The molecular weight excluding hydrogens is 352 g/mol. The van der Waals surface area contributed by atoms with Crippen LogP contribution in [0.25, 0.3) is 0 Å². The summed E-state index contributed by atoms with van der Waals surface area (Å²) in [6, 6.07) is 3.88. The minimum Gasteiger partial charge on any atom is -0.504 e. The van der Waals surface area contributed by atoms with Gasteiger partial charge in [-0.3, -0.25) is 4.18 Å². The van der Waals surface area contributed by atoms with E-state index in [1.165, 1.54) is 11.1 Å². The molecule has 144 valence electrons. The summed E-state index contributed by atoms with van der Waals surface area (Å²) in [5, 5.41) is 10.1. The van der Waals surface area contributed by atoms with Crippen molar-refractivity contribution in [2.45, 2.75) is 57.5 Å². The van der Waals surface area contributed by atoms with Crippen LogP contribution in [0.1, 0.15) is 56.1 Å². The van der Waals surface area contributed by atoms with Crippen molar-refractivity contribution in [3.05, 3.63) is 23.3 Å². The second-order valence-corrected chi connectivity index (χ2v) is 10.1. The third-order valence-corrected chi connectivity index (χ3v) is 7.81. The fourth-order valence-corrected chi connectivity index (χ4v) is 6.81. The van der Waals surface area contributed by atoms with Crippen molar-refractivity contribution in [2.24, 2.45) is 17.3 Å². The molecule has 0 amide bonds. The molecule has 0 bridgehead atoms. The summed E-state index contributed by atoms with van der Waals surface area (Å²) < 4.78 is 34.2. The number of hydrogen-bond donors (Lipinski definition) is 1. The maximum absolute atomic E-state index is 11.7. The van der Waals surface area contributed by atoms with Crippen LogP contribution in [0, 0.1) is 17.3 Å². The van der Waals surface area contributed by atoms with Crippen molar-refractivity contribution in [3.8, 4) is 11.5 Å². The van der Waals surface area contributed by atoms with Gasteiger partial charge in [-0.25, -0.2) is 0 Å². The third kappa shape index (κ3) is 2.82. The molecular formula is C20H28O5S. The summed E-state index contributed by atoms with van der Waals surface area (Å²) in [5.74, 6) is 2.25. The van der Waals surface area contributed by atoms with Gasteiger partial charge >= 0.3 is 0 Å². The van der Waals surface area contributed by atoms with E-state index in [1.807, 2.05) is 12.1 Å². The minimum atomic E-state index is -3.43. The molecule has 2 saturated carbocycles. The average Bonchev–Trinajstić information content (AvgIpc) is 2.89. The van der Waals surface area contributed by atoms with Gasteiger partial charge < -0.3 is 9.84 Å². The normalized spacial score (nSPS) is 36.1.